The molecule has 0 saturated heterocycles. The number of benzene rings is 4. The Morgan fingerprint density at radius 1 is 0.765 bits per heavy atom. The summed E-state index contributed by atoms with van der Waals surface area (Å²) in [5.74, 6) is 1.47. The molecule has 0 fully saturated rings. The molecule has 2 nitrogen and oxygen atoms in total. The van der Waals surface area contributed by atoms with Crippen LogP contribution in [0.2, 0.25) is 0 Å². The van der Waals surface area contributed by atoms with E-state index < -0.39 is 0 Å². The van der Waals surface area contributed by atoms with Gasteiger partial charge in [0.1, 0.15) is 11.3 Å². The summed E-state index contributed by atoms with van der Waals surface area (Å²) in [6, 6.07) is 32.7. The Labute approximate surface area is 206 Å². The summed E-state index contributed by atoms with van der Waals surface area (Å²) in [5, 5.41) is 3.72. The van der Waals surface area contributed by atoms with Crippen molar-refractivity contribution in [2.45, 2.75) is 19.3 Å². The molecule has 1 aliphatic carbocycles. The normalized spacial score (nSPS) is 15.7. The Morgan fingerprint density at radius 3 is 2.32 bits per heavy atom. The lowest BCUT2D eigenvalue weighted by atomic mass is 9.93. The monoisotopic (exact) mass is 503 g/mol. The first-order chi connectivity index (χ1) is 16.7. The van der Waals surface area contributed by atoms with Gasteiger partial charge in [0, 0.05) is 33.3 Å². The van der Waals surface area contributed by atoms with Gasteiger partial charge in [0.05, 0.1) is 11.0 Å². The SMILES string of the molecule is CC1CC(Br)=Cc2c1oc1cc(-c3ccc4c5ccccc5n(-c5ccccc5)c4c3)ccc21. The molecule has 6 aromatic rings. The number of nitrogens with zero attached hydrogens (tertiary/aromatic N) is 1. The second kappa shape index (κ2) is 7.48. The predicted octanol–water partition coefficient (Wildman–Crippen LogP) is 9.44. The molecule has 0 spiro atoms. The number of allylic oxidation sites excluding steroid dienone is 1. The van der Waals surface area contributed by atoms with Crippen molar-refractivity contribution in [1.29, 1.82) is 0 Å². The fourth-order valence-corrected chi connectivity index (χ4v) is 6.15. The van der Waals surface area contributed by atoms with E-state index in [0.29, 0.717) is 5.92 Å². The van der Waals surface area contributed by atoms with E-state index in [1.165, 1.54) is 54.1 Å². The van der Waals surface area contributed by atoms with E-state index in [4.69, 9.17) is 4.42 Å². The summed E-state index contributed by atoms with van der Waals surface area (Å²) < 4.78 is 9.97. The first kappa shape index (κ1) is 19.9. The summed E-state index contributed by atoms with van der Waals surface area (Å²) in [6.45, 7) is 2.23. The summed E-state index contributed by atoms with van der Waals surface area (Å²) in [5.41, 5.74) is 8.13. The molecule has 2 heterocycles. The maximum atomic E-state index is 6.37. The highest BCUT2D eigenvalue weighted by atomic mass is 79.9. The standard InChI is InChI=1S/C31H22BrNO/c1-19-15-22(32)18-27-26-14-12-21(17-30(26)34-31(19)27)20-11-13-25-24-9-5-6-10-28(24)33(29(25)16-20)23-7-3-2-4-8-23/h2-14,16-19H,15H2,1H3. The van der Waals surface area contributed by atoms with Crippen LogP contribution in [-0.2, 0) is 0 Å². The molecule has 3 heteroatoms. The zero-order valence-corrected chi connectivity index (χ0v) is 20.3. The first-order valence-corrected chi connectivity index (χ1v) is 12.5. The largest absolute Gasteiger partial charge is 0.460 e. The van der Waals surface area contributed by atoms with Gasteiger partial charge < -0.3 is 8.98 Å². The molecule has 7 rings (SSSR count). The number of aromatic nitrogens is 1. The molecule has 0 N–H and O–H groups in total. The zero-order valence-electron chi connectivity index (χ0n) is 18.8. The van der Waals surface area contributed by atoms with Crippen molar-refractivity contribution in [2.24, 2.45) is 0 Å². The van der Waals surface area contributed by atoms with Gasteiger partial charge in [-0.15, -0.1) is 0 Å². The third kappa shape index (κ3) is 2.93. The minimum atomic E-state index is 0.378. The number of furan rings is 1. The van der Waals surface area contributed by atoms with Crippen LogP contribution in [0.1, 0.15) is 30.6 Å². The van der Waals surface area contributed by atoms with Crippen LogP contribution in [-0.4, -0.2) is 4.57 Å². The van der Waals surface area contributed by atoms with Crippen LogP contribution in [0.25, 0.3) is 55.7 Å². The first-order valence-electron chi connectivity index (χ1n) is 11.7. The average molecular weight is 504 g/mol. The van der Waals surface area contributed by atoms with Crippen LogP contribution in [0, 0.1) is 0 Å². The fraction of sp³-hybridized carbons (Fsp3) is 0.0968. The minimum absolute atomic E-state index is 0.378. The number of rotatable bonds is 2. The van der Waals surface area contributed by atoms with Crippen molar-refractivity contribution in [3.8, 4) is 16.8 Å². The quantitative estimate of drug-likeness (QED) is 0.230. The number of halogens is 1. The molecule has 0 amide bonds. The van der Waals surface area contributed by atoms with Crippen LogP contribution in [0.5, 0.6) is 0 Å². The van der Waals surface area contributed by atoms with Crippen LogP contribution >= 0.6 is 15.9 Å². The van der Waals surface area contributed by atoms with Gasteiger partial charge in [0.15, 0.2) is 0 Å². The third-order valence-electron chi connectivity index (χ3n) is 7.03. The maximum Gasteiger partial charge on any atom is 0.135 e. The number of hydrogen-bond donors (Lipinski definition) is 0. The van der Waals surface area contributed by atoms with Crippen molar-refractivity contribution in [3.05, 3.63) is 107 Å². The average Bonchev–Trinajstić information content (AvgIpc) is 3.40. The molecular weight excluding hydrogens is 482 g/mol. The van der Waals surface area contributed by atoms with E-state index in [-0.39, 0.29) is 0 Å². The third-order valence-corrected chi connectivity index (χ3v) is 7.58. The van der Waals surface area contributed by atoms with Gasteiger partial charge >= 0.3 is 0 Å². The summed E-state index contributed by atoms with van der Waals surface area (Å²) in [6.07, 6.45) is 3.20. The molecule has 1 aliphatic rings. The highest BCUT2D eigenvalue weighted by molar-refractivity contribution is 9.11. The maximum absolute atomic E-state index is 6.37. The molecule has 0 bridgehead atoms. The Morgan fingerprint density at radius 2 is 1.47 bits per heavy atom. The molecule has 0 radical (unpaired) electrons. The van der Waals surface area contributed by atoms with Gasteiger partial charge in [-0.2, -0.15) is 0 Å². The summed E-state index contributed by atoms with van der Waals surface area (Å²) >= 11 is 3.70. The lowest BCUT2D eigenvalue weighted by molar-refractivity contribution is 0.503. The molecule has 0 saturated carbocycles. The number of para-hydroxylation sites is 2. The molecule has 1 unspecified atom stereocenters. The second-order valence-corrected chi connectivity index (χ2v) is 10.2. The zero-order chi connectivity index (χ0) is 22.8. The van der Waals surface area contributed by atoms with Crippen molar-refractivity contribution in [1.82, 2.24) is 4.57 Å². The van der Waals surface area contributed by atoms with Crippen molar-refractivity contribution >= 4 is 54.8 Å². The molecule has 4 aromatic carbocycles. The second-order valence-electron chi connectivity index (χ2n) is 9.21. The van der Waals surface area contributed by atoms with Crippen LogP contribution in [0.4, 0.5) is 0 Å². The molecule has 1 atom stereocenters. The van der Waals surface area contributed by atoms with E-state index >= 15 is 0 Å². The van der Waals surface area contributed by atoms with E-state index in [1.54, 1.807) is 0 Å². The van der Waals surface area contributed by atoms with Crippen LogP contribution in [0.3, 0.4) is 0 Å². The Bertz CT molecular complexity index is 1750. The van der Waals surface area contributed by atoms with Crippen LogP contribution < -0.4 is 0 Å². The lowest BCUT2D eigenvalue weighted by Crippen LogP contribution is -1.98. The van der Waals surface area contributed by atoms with Gasteiger partial charge in [-0.05, 0) is 64.5 Å². The van der Waals surface area contributed by atoms with Crippen molar-refractivity contribution < 1.29 is 4.42 Å². The van der Waals surface area contributed by atoms with Gasteiger partial charge in [-0.3, -0.25) is 0 Å². The van der Waals surface area contributed by atoms with Gasteiger partial charge in [0.25, 0.3) is 0 Å². The van der Waals surface area contributed by atoms with Crippen LogP contribution in [0.15, 0.2) is 99.9 Å². The Hall–Kier alpha value is -3.56. The molecule has 2 aromatic heterocycles. The van der Waals surface area contributed by atoms with E-state index in [0.717, 1.165) is 17.8 Å². The molecule has 34 heavy (non-hydrogen) atoms. The van der Waals surface area contributed by atoms with E-state index in [2.05, 4.69) is 124 Å². The lowest BCUT2D eigenvalue weighted by Gasteiger charge is -2.14. The topological polar surface area (TPSA) is 18.1 Å². The number of fused-ring (bicyclic) bond motifs is 6. The highest BCUT2D eigenvalue weighted by Gasteiger charge is 2.23. The molecule has 164 valence electrons. The minimum Gasteiger partial charge on any atom is -0.460 e. The van der Waals surface area contributed by atoms with Crippen molar-refractivity contribution in [3.63, 3.8) is 0 Å². The highest BCUT2D eigenvalue weighted by Crippen LogP contribution is 2.42. The van der Waals surface area contributed by atoms with Gasteiger partial charge in [-0.25, -0.2) is 0 Å². The molecule has 0 aliphatic heterocycles. The number of hydrogen-bond acceptors (Lipinski definition) is 1. The predicted molar refractivity (Wildman–Crippen MR) is 146 cm³/mol. The fourth-order valence-electron chi connectivity index (χ4n) is 5.44. The summed E-state index contributed by atoms with van der Waals surface area (Å²) in [7, 11) is 0. The van der Waals surface area contributed by atoms with Crippen molar-refractivity contribution in [2.75, 3.05) is 0 Å². The molecular formula is C31H22BrNO. The Balaban J connectivity index is 1.45. The Kier molecular flexibility index (Phi) is 4.37. The smallest absolute Gasteiger partial charge is 0.135 e. The van der Waals surface area contributed by atoms with E-state index in [1.807, 2.05) is 0 Å². The van der Waals surface area contributed by atoms with E-state index in [9.17, 15) is 0 Å². The van der Waals surface area contributed by atoms with Gasteiger partial charge in [-0.1, -0.05) is 77.5 Å². The summed E-state index contributed by atoms with van der Waals surface area (Å²) in [4.78, 5) is 0. The van der Waals surface area contributed by atoms with Gasteiger partial charge in [0.2, 0.25) is 0 Å².